The summed E-state index contributed by atoms with van der Waals surface area (Å²) < 4.78 is 0. The Balaban J connectivity index is 1.78. The Morgan fingerprint density at radius 3 is 2.96 bits per heavy atom. The maximum Gasteiger partial charge on any atom is 0.256 e. The molecule has 0 aromatic heterocycles. The van der Waals surface area contributed by atoms with Gasteiger partial charge in [-0.3, -0.25) is 14.4 Å². The number of nitrogens with zero attached hydrogens (tertiary/aromatic N) is 1. The summed E-state index contributed by atoms with van der Waals surface area (Å²) in [5.41, 5.74) is 1.08. The van der Waals surface area contributed by atoms with Crippen LogP contribution < -0.4 is 10.6 Å². The van der Waals surface area contributed by atoms with Gasteiger partial charge >= 0.3 is 0 Å². The third-order valence-electron chi connectivity index (χ3n) is 4.22. The maximum absolute atomic E-state index is 12.7. The van der Waals surface area contributed by atoms with E-state index in [0.29, 0.717) is 36.4 Å². The van der Waals surface area contributed by atoms with Crippen molar-refractivity contribution in [1.82, 2.24) is 10.2 Å². The molecule has 2 atom stereocenters. The number of carbonyl (C=O) groups excluding carboxylic acids is 3. The zero-order valence-electron chi connectivity index (χ0n) is 12.9. The summed E-state index contributed by atoms with van der Waals surface area (Å²) in [6, 6.07) is 6.44. The van der Waals surface area contributed by atoms with Gasteiger partial charge in [-0.05, 0) is 31.2 Å². The van der Waals surface area contributed by atoms with Crippen molar-refractivity contribution < 1.29 is 14.4 Å². The number of fused-ring (bicyclic) bond motifs is 2. The molecule has 7 heteroatoms. The van der Waals surface area contributed by atoms with Crippen molar-refractivity contribution in [3.63, 3.8) is 0 Å². The average molecular weight is 333 g/mol. The third-order valence-corrected chi connectivity index (χ3v) is 4.77. The van der Waals surface area contributed by atoms with E-state index in [1.54, 1.807) is 29.2 Å². The van der Waals surface area contributed by atoms with Crippen LogP contribution in [0.4, 0.5) is 5.69 Å². The van der Waals surface area contributed by atoms with E-state index in [0.717, 1.165) is 0 Å². The summed E-state index contributed by atoms with van der Waals surface area (Å²) in [5.74, 6) is 0.0612. The zero-order chi connectivity index (χ0) is 16.4. The first kappa shape index (κ1) is 15.9. The Morgan fingerprint density at radius 1 is 1.39 bits per heavy atom. The summed E-state index contributed by atoms with van der Waals surface area (Å²) in [6.07, 6.45) is 2.99. The maximum atomic E-state index is 12.7. The molecular formula is C16H19N3O3S. The minimum Gasteiger partial charge on any atom is -0.352 e. The number of piperidine rings is 1. The van der Waals surface area contributed by atoms with Gasteiger partial charge < -0.3 is 15.5 Å². The van der Waals surface area contributed by atoms with Crippen LogP contribution in [0.1, 0.15) is 23.2 Å². The summed E-state index contributed by atoms with van der Waals surface area (Å²) in [4.78, 5) is 38.6. The smallest absolute Gasteiger partial charge is 0.256 e. The minimum absolute atomic E-state index is 0.0282. The van der Waals surface area contributed by atoms with Gasteiger partial charge in [0.1, 0.15) is 6.04 Å². The van der Waals surface area contributed by atoms with Crippen LogP contribution in [0.15, 0.2) is 24.3 Å². The Morgan fingerprint density at radius 2 is 2.17 bits per heavy atom. The Bertz CT molecular complexity index is 649. The average Bonchev–Trinajstić information content (AvgIpc) is 2.64. The quantitative estimate of drug-likeness (QED) is 0.868. The lowest BCUT2D eigenvalue weighted by atomic mass is 9.96. The van der Waals surface area contributed by atoms with Crippen LogP contribution in [0.5, 0.6) is 0 Å². The van der Waals surface area contributed by atoms with E-state index in [1.165, 1.54) is 11.8 Å². The van der Waals surface area contributed by atoms with Gasteiger partial charge in [0.05, 0.1) is 17.0 Å². The molecule has 0 radical (unpaired) electrons. The highest BCUT2D eigenvalue weighted by atomic mass is 32.2. The lowest BCUT2D eigenvalue weighted by Gasteiger charge is -2.37. The molecule has 2 aliphatic heterocycles. The number of anilines is 1. The molecule has 0 aliphatic carbocycles. The fourth-order valence-electron chi connectivity index (χ4n) is 3.14. The molecule has 1 saturated heterocycles. The highest BCUT2D eigenvalue weighted by Gasteiger charge is 2.39. The molecule has 3 rings (SSSR count). The van der Waals surface area contributed by atoms with Gasteiger partial charge in [0.15, 0.2) is 0 Å². The van der Waals surface area contributed by atoms with Gasteiger partial charge in [-0.1, -0.05) is 12.1 Å². The molecule has 1 aromatic carbocycles. The van der Waals surface area contributed by atoms with Crippen molar-refractivity contribution in [2.45, 2.75) is 24.9 Å². The van der Waals surface area contributed by atoms with Gasteiger partial charge in [0.2, 0.25) is 11.8 Å². The second kappa shape index (κ2) is 6.62. The molecule has 1 aromatic rings. The number of rotatable bonds is 3. The SMILES string of the molecule is CSCC(=O)N[C@@H]1CCN2C(=O)c3ccccc3NC(=O)[C@@H]2C1. The molecule has 1 fully saturated rings. The normalized spacial score (nSPS) is 23.4. The number of hydrogen-bond acceptors (Lipinski definition) is 4. The first-order valence-electron chi connectivity index (χ1n) is 7.59. The van der Waals surface area contributed by atoms with Crippen LogP contribution in [0.3, 0.4) is 0 Å². The first-order chi connectivity index (χ1) is 11.1. The number of thioether (sulfide) groups is 1. The predicted molar refractivity (Wildman–Crippen MR) is 89.4 cm³/mol. The molecular weight excluding hydrogens is 314 g/mol. The van der Waals surface area contributed by atoms with Crippen molar-refractivity contribution in [1.29, 1.82) is 0 Å². The summed E-state index contributed by atoms with van der Waals surface area (Å²) in [6.45, 7) is 0.468. The number of benzene rings is 1. The molecule has 0 spiro atoms. The van der Waals surface area contributed by atoms with E-state index >= 15 is 0 Å². The van der Waals surface area contributed by atoms with E-state index in [2.05, 4.69) is 10.6 Å². The van der Waals surface area contributed by atoms with Gasteiger partial charge in [-0.25, -0.2) is 0 Å². The van der Waals surface area contributed by atoms with Crippen LogP contribution in [0.25, 0.3) is 0 Å². The lowest BCUT2D eigenvalue weighted by molar-refractivity contribution is -0.123. The van der Waals surface area contributed by atoms with E-state index in [9.17, 15) is 14.4 Å². The fraction of sp³-hybridized carbons (Fsp3) is 0.438. The van der Waals surface area contributed by atoms with Crippen LogP contribution in [-0.4, -0.2) is 53.3 Å². The van der Waals surface area contributed by atoms with Gasteiger partial charge in [0.25, 0.3) is 5.91 Å². The Kier molecular flexibility index (Phi) is 4.56. The highest BCUT2D eigenvalue weighted by molar-refractivity contribution is 7.99. The van der Waals surface area contributed by atoms with E-state index in [1.807, 2.05) is 6.26 Å². The molecule has 0 bridgehead atoms. The molecule has 2 N–H and O–H groups in total. The second-order valence-corrected chi connectivity index (χ2v) is 6.64. The van der Waals surface area contributed by atoms with Crippen molar-refractivity contribution in [2.75, 3.05) is 23.9 Å². The molecule has 0 saturated carbocycles. The van der Waals surface area contributed by atoms with E-state index in [4.69, 9.17) is 0 Å². The summed E-state index contributed by atoms with van der Waals surface area (Å²) in [5, 5.41) is 5.78. The molecule has 23 heavy (non-hydrogen) atoms. The summed E-state index contributed by atoms with van der Waals surface area (Å²) in [7, 11) is 0. The van der Waals surface area contributed by atoms with Crippen LogP contribution in [0.2, 0.25) is 0 Å². The number of amides is 3. The van der Waals surface area contributed by atoms with Crippen molar-refractivity contribution in [2.24, 2.45) is 0 Å². The van der Waals surface area contributed by atoms with Crippen LogP contribution in [-0.2, 0) is 9.59 Å². The van der Waals surface area contributed by atoms with Gasteiger partial charge in [-0.15, -0.1) is 0 Å². The van der Waals surface area contributed by atoms with Gasteiger partial charge in [0, 0.05) is 12.6 Å². The van der Waals surface area contributed by atoms with E-state index < -0.39 is 6.04 Å². The number of carbonyl (C=O) groups is 3. The Hall–Kier alpha value is -2.02. The lowest BCUT2D eigenvalue weighted by Crippen LogP contribution is -2.55. The fourth-order valence-corrected chi connectivity index (χ4v) is 3.48. The van der Waals surface area contributed by atoms with Crippen LogP contribution in [0, 0.1) is 0 Å². The topological polar surface area (TPSA) is 78.5 Å². The summed E-state index contributed by atoms with van der Waals surface area (Å²) >= 11 is 1.46. The minimum atomic E-state index is -0.539. The number of hydrogen-bond donors (Lipinski definition) is 2. The van der Waals surface area contributed by atoms with Crippen molar-refractivity contribution >= 4 is 35.2 Å². The number of nitrogens with one attached hydrogen (secondary N) is 2. The number of para-hydroxylation sites is 1. The van der Waals surface area contributed by atoms with Gasteiger partial charge in [-0.2, -0.15) is 11.8 Å². The van der Waals surface area contributed by atoms with Crippen molar-refractivity contribution in [3.8, 4) is 0 Å². The Labute approximate surface area is 139 Å². The molecule has 122 valence electrons. The standard InChI is InChI=1S/C16H19N3O3S/c1-23-9-14(20)17-10-6-7-19-13(8-10)15(21)18-12-5-3-2-4-11(12)16(19)22/h2-5,10,13H,6-9H2,1H3,(H,17,20)(H,18,21)/t10-,13+/m1/s1. The van der Waals surface area contributed by atoms with Crippen LogP contribution >= 0.6 is 11.8 Å². The monoisotopic (exact) mass is 333 g/mol. The molecule has 6 nitrogen and oxygen atoms in total. The molecule has 2 aliphatic rings. The third kappa shape index (κ3) is 3.19. The largest absolute Gasteiger partial charge is 0.352 e. The predicted octanol–water partition coefficient (Wildman–Crippen LogP) is 1.09. The van der Waals surface area contributed by atoms with Crippen molar-refractivity contribution in [3.05, 3.63) is 29.8 Å². The molecule has 3 amide bonds. The first-order valence-corrected chi connectivity index (χ1v) is 8.98. The van der Waals surface area contributed by atoms with E-state index in [-0.39, 0.29) is 23.8 Å². The molecule has 0 unspecified atom stereocenters. The zero-order valence-corrected chi connectivity index (χ0v) is 13.7. The highest BCUT2D eigenvalue weighted by Crippen LogP contribution is 2.28. The second-order valence-electron chi connectivity index (χ2n) is 5.77. The molecule has 2 heterocycles.